The van der Waals surface area contributed by atoms with Crippen molar-refractivity contribution in [3.8, 4) is 5.69 Å². The molecule has 0 saturated heterocycles. The highest BCUT2D eigenvalue weighted by atomic mass is 79.9. The second kappa shape index (κ2) is 4.96. The van der Waals surface area contributed by atoms with Gasteiger partial charge in [0.05, 0.1) is 16.6 Å². The van der Waals surface area contributed by atoms with Crippen molar-refractivity contribution in [2.75, 3.05) is 0 Å². The largest absolute Gasteiger partial charge is 0.331 e. The Morgan fingerprint density at radius 2 is 1.85 bits per heavy atom. The molecule has 0 aliphatic rings. The van der Waals surface area contributed by atoms with E-state index in [9.17, 15) is 9.18 Å². The highest BCUT2D eigenvalue weighted by Crippen LogP contribution is 2.16. The summed E-state index contributed by atoms with van der Waals surface area (Å²) in [4.78, 5) is 15.6. The van der Waals surface area contributed by atoms with Gasteiger partial charge in [0.2, 0.25) is 0 Å². The highest BCUT2D eigenvalue weighted by molar-refractivity contribution is 9.10. The third-order valence-corrected chi connectivity index (χ3v) is 3.72. The van der Waals surface area contributed by atoms with E-state index in [2.05, 4.69) is 20.9 Å². The van der Waals surface area contributed by atoms with E-state index in [1.807, 2.05) is 6.07 Å². The zero-order valence-electron chi connectivity index (χ0n) is 10.1. The molecule has 3 rings (SSSR count). The van der Waals surface area contributed by atoms with Gasteiger partial charge in [-0.2, -0.15) is 0 Å². The van der Waals surface area contributed by atoms with Gasteiger partial charge in [-0.1, -0.05) is 15.9 Å². The maximum absolute atomic E-state index is 13.0. The number of fused-ring (bicyclic) bond motifs is 1. The molecule has 3 aromatic rings. The van der Waals surface area contributed by atoms with Crippen LogP contribution in [-0.4, -0.2) is 9.55 Å². The lowest BCUT2D eigenvalue weighted by molar-refractivity contribution is 0.627. The average molecular weight is 351 g/mol. The Morgan fingerprint density at radius 1 is 1.15 bits per heavy atom. The van der Waals surface area contributed by atoms with Crippen LogP contribution in [0.4, 0.5) is 4.39 Å². The monoisotopic (exact) mass is 350 g/mol. The lowest BCUT2D eigenvalue weighted by atomic mass is 10.2. The number of aromatic amines is 1. The molecule has 1 N–H and O–H groups in total. The summed E-state index contributed by atoms with van der Waals surface area (Å²) in [6, 6.07) is 11.0. The van der Waals surface area contributed by atoms with Crippen LogP contribution in [0.15, 0.2) is 51.7 Å². The molecule has 3 nitrogen and oxygen atoms in total. The Morgan fingerprint density at radius 3 is 2.55 bits per heavy atom. The van der Waals surface area contributed by atoms with Crippen molar-refractivity contribution in [3.05, 3.63) is 67.9 Å². The molecule has 0 bridgehead atoms. The average Bonchev–Trinajstić information content (AvgIpc) is 2.42. The van der Waals surface area contributed by atoms with Crippen molar-refractivity contribution < 1.29 is 4.39 Å². The van der Waals surface area contributed by atoms with Crippen molar-refractivity contribution in [1.82, 2.24) is 9.55 Å². The van der Waals surface area contributed by atoms with Crippen LogP contribution in [0.1, 0.15) is 0 Å². The molecule has 100 valence electrons. The Balaban J connectivity index is 2.39. The van der Waals surface area contributed by atoms with Crippen LogP contribution < -0.4 is 5.56 Å². The Labute approximate surface area is 126 Å². The van der Waals surface area contributed by atoms with Crippen LogP contribution in [0.2, 0.25) is 0 Å². The van der Waals surface area contributed by atoms with Gasteiger partial charge in [0.1, 0.15) is 5.82 Å². The molecule has 0 fully saturated rings. The Hall–Kier alpha value is -1.79. The number of halogens is 2. The Kier molecular flexibility index (Phi) is 3.27. The Bertz CT molecular complexity index is 915. The van der Waals surface area contributed by atoms with E-state index in [1.54, 1.807) is 12.1 Å². The molecule has 1 aromatic heterocycles. The maximum atomic E-state index is 13.0. The van der Waals surface area contributed by atoms with E-state index in [-0.39, 0.29) is 16.1 Å². The summed E-state index contributed by atoms with van der Waals surface area (Å²) in [6.07, 6.45) is 0. The third kappa shape index (κ3) is 2.21. The number of H-pyrrole nitrogens is 1. The molecule has 0 aliphatic heterocycles. The lowest BCUT2D eigenvalue weighted by Crippen LogP contribution is -2.20. The molecule has 1 heterocycles. The summed E-state index contributed by atoms with van der Waals surface area (Å²) >= 11 is 8.55. The summed E-state index contributed by atoms with van der Waals surface area (Å²) in [5.41, 5.74) is 0.956. The van der Waals surface area contributed by atoms with E-state index < -0.39 is 0 Å². The first-order valence-electron chi connectivity index (χ1n) is 5.77. The van der Waals surface area contributed by atoms with Crippen LogP contribution in [0.5, 0.6) is 0 Å². The minimum Gasteiger partial charge on any atom is -0.331 e. The number of nitrogens with zero attached hydrogens (tertiary/aromatic N) is 1. The smallest absolute Gasteiger partial charge is 0.266 e. The molecule has 0 aliphatic carbocycles. The normalized spacial score (nSPS) is 10.9. The van der Waals surface area contributed by atoms with Gasteiger partial charge in [-0.3, -0.25) is 9.36 Å². The lowest BCUT2D eigenvalue weighted by Gasteiger charge is -2.08. The molecule has 2 aromatic carbocycles. The van der Waals surface area contributed by atoms with Crippen molar-refractivity contribution in [2.24, 2.45) is 0 Å². The molecule has 0 unspecified atom stereocenters. The summed E-state index contributed by atoms with van der Waals surface area (Å²) in [5, 5.41) is 0.511. The first kappa shape index (κ1) is 13.2. The highest BCUT2D eigenvalue weighted by Gasteiger charge is 2.08. The van der Waals surface area contributed by atoms with Crippen LogP contribution in [-0.2, 0) is 0 Å². The van der Waals surface area contributed by atoms with Crippen LogP contribution in [0.3, 0.4) is 0 Å². The molecule has 0 atom stereocenters. The van der Waals surface area contributed by atoms with E-state index >= 15 is 0 Å². The molecule has 0 radical (unpaired) electrons. The first-order chi connectivity index (χ1) is 9.56. The van der Waals surface area contributed by atoms with Crippen molar-refractivity contribution in [2.45, 2.75) is 0 Å². The van der Waals surface area contributed by atoms with Crippen molar-refractivity contribution in [1.29, 1.82) is 0 Å². The first-order valence-corrected chi connectivity index (χ1v) is 6.97. The van der Waals surface area contributed by atoms with Gasteiger partial charge in [-0.15, -0.1) is 0 Å². The fraction of sp³-hybridized carbons (Fsp3) is 0. The number of aromatic nitrogens is 2. The molecule has 0 spiro atoms. The van der Waals surface area contributed by atoms with Gasteiger partial charge >= 0.3 is 0 Å². The van der Waals surface area contributed by atoms with Gasteiger partial charge in [0.25, 0.3) is 5.56 Å². The number of hydrogen-bond donors (Lipinski definition) is 1. The van der Waals surface area contributed by atoms with Crippen molar-refractivity contribution in [3.63, 3.8) is 0 Å². The topological polar surface area (TPSA) is 37.8 Å². The van der Waals surface area contributed by atoms with Gasteiger partial charge in [0.15, 0.2) is 4.77 Å². The summed E-state index contributed by atoms with van der Waals surface area (Å²) in [6.45, 7) is 0. The predicted octanol–water partition coefficient (Wildman–Crippen LogP) is 3.95. The minimum atomic E-state index is -0.361. The van der Waals surface area contributed by atoms with Gasteiger partial charge in [-0.25, -0.2) is 4.39 Å². The minimum absolute atomic E-state index is 0.239. The number of benzene rings is 2. The predicted molar refractivity (Wildman–Crippen MR) is 82.4 cm³/mol. The fourth-order valence-electron chi connectivity index (χ4n) is 2.01. The van der Waals surface area contributed by atoms with Crippen LogP contribution in [0, 0.1) is 10.6 Å². The molecule has 6 heteroatoms. The van der Waals surface area contributed by atoms with E-state index in [1.165, 1.54) is 28.8 Å². The van der Waals surface area contributed by atoms with E-state index in [4.69, 9.17) is 12.2 Å². The third-order valence-electron chi connectivity index (χ3n) is 2.94. The molecule has 0 saturated carbocycles. The van der Waals surface area contributed by atoms with Gasteiger partial charge in [-0.05, 0) is 54.7 Å². The van der Waals surface area contributed by atoms with E-state index in [0.29, 0.717) is 16.6 Å². The standard InChI is InChI=1S/C14H8BrFN2OS/c15-8-1-6-12-11(7-8)13(19)18(14(20)17-12)10-4-2-9(16)3-5-10/h1-7H,(H,17,20). The maximum Gasteiger partial charge on any atom is 0.266 e. The molecule has 0 amide bonds. The van der Waals surface area contributed by atoms with Gasteiger partial charge in [0, 0.05) is 4.47 Å². The molecule has 20 heavy (non-hydrogen) atoms. The van der Waals surface area contributed by atoms with E-state index in [0.717, 1.165) is 4.47 Å². The molecular formula is C14H8BrFN2OS. The second-order valence-electron chi connectivity index (χ2n) is 4.24. The van der Waals surface area contributed by atoms with Crippen molar-refractivity contribution >= 4 is 39.1 Å². The summed E-state index contributed by atoms with van der Waals surface area (Å²) in [5.74, 6) is -0.361. The SMILES string of the molecule is O=c1c2cc(Br)ccc2[nH]c(=S)n1-c1ccc(F)cc1. The summed E-state index contributed by atoms with van der Waals surface area (Å²) in [7, 11) is 0. The molecular weight excluding hydrogens is 343 g/mol. The zero-order chi connectivity index (χ0) is 14.3. The number of nitrogens with one attached hydrogen (secondary N) is 1. The zero-order valence-corrected chi connectivity index (χ0v) is 12.5. The van der Waals surface area contributed by atoms with Crippen LogP contribution in [0.25, 0.3) is 16.6 Å². The fourth-order valence-corrected chi connectivity index (χ4v) is 2.67. The second-order valence-corrected chi connectivity index (χ2v) is 5.54. The van der Waals surface area contributed by atoms with Crippen LogP contribution >= 0.6 is 28.1 Å². The number of rotatable bonds is 1. The number of hydrogen-bond acceptors (Lipinski definition) is 2. The van der Waals surface area contributed by atoms with Gasteiger partial charge < -0.3 is 4.98 Å². The summed E-state index contributed by atoms with van der Waals surface area (Å²) < 4.78 is 15.4. The quantitative estimate of drug-likeness (QED) is 0.674.